The molecule has 0 spiro atoms. The highest BCUT2D eigenvalue weighted by atomic mass is 16.2. The van der Waals surface area contributed by atoms with Gasteiger partial charge in [-0.1, -0.05) is 45.9 Å². The lowest BCUT2D eigenvalue weighted by Gasteiger charge is -2.26. The molecule has 0 N–H and O–H groups in total. The standard InChI is InChI=1S/C11H17NO.C2H6/c1-4-11(13)12-7-5-10(6-8-12)9(2)3;1-2/h4-5,9H,1,6-8H2,2-3H3;1-2H3. The summed E-state index contributed by atoms with van der Waals surface area (Å²) in [5.74, 6) is 0.653. The molecule has 86 valence electrons. The largest absolute Gasteiger partial charge is 0.335 e. The monoisotopic (exact) mass is 209 g/mol. The summed E-state index contributed by atoms with van der Waals surface area (Å²) in [6, 6.07) is 0. The van der Waals surface area contributed by atoms with Crippen LogP contribution < -0.4 is 0 Å². The van der Waals surface area contributed by atoms with Crippen LogP contribution in [0.2, 0.25) is 0 Å². The van der Waals surface area contributed by atoms with E-state index in [9.17, 15) is 4.79 Å². The Morgan fingerprint density at radius 1 is 1.53 bits per heavy atom. The van der Waals surface area contributed by atoms with Crippen molar-refractivity contribution in [1.29, 1.82) is 0 Å². The van der Waals surface area contributed by atoms with Crippen LogP contribution in [0.25, 0.3) is 0 Å². The van der Waals surface area contributed by atoms with E-state index in [2.05, 4.69) is 26.5 Å². The molecule has 0 aliphatic carbocycles. The topological polar surface area (TPSA) is 20.3 Å². The highest BCUT2D eigenvalue weighted by Gasteiger charge is 2.15. The highest BCUT2D eigenvalue weighted by molar-refractivity contribution is 5.87. The van der Waals surface area contributed by atoms with Crippen molar-refractivity contribution in [2.75, 3.05) is 13.1 Å². The van der Waals surface area contributed by atoms with Crippen molar-refractivity contribution in [3.8, 4) is 0 Å². The summed E-state index contributed by atoms with van der Waals surface area (Å²) < 4.78 is 0. The third kappa shape index (κ3) is 4.32. The third-order valence-electron chi connectivity index (χ3n) is 2.47. The van der Waals surface area contributed by atoms with Crippen LogP contribution in [-0.4, -0.2) is 23.9 Å². The highest BCUT2D eigenvalue weighted by Crippen LogP contribution is 2.18. The fourth-order valence-corrected chi connectivity index (χ4v) is 1.54. The van der Waals surface area contributed by atoms with Crippen LogP contribution in [0.1, 0.15) is 34.1 Å². The summed E-state index contributed by atoms with van der Waals surface area (Å²) in [5, 5.41) is 0. The Morgan fingerprint density at radius 2 is 2.13 bits per heavy atom. The maximum Gasteiger partial charge on any atom is 0.246 e. The Labute approximate surface area is 93.7 Å². The molecular weight excluding hydrogens is 186 g/mol. The van der Waals surface area contributed by atoms with Gasteiger partial charge in [0.15, 0.2) is 0 Å². The van der Waals surface area contributed by atoms with Crippen LogP contribution in [0, 0.1) is 5.92 Å². The predicted octanol–water partition coefficient (Wildman–Crippen LogP) is 3.01. The first-order chi connectivity index (χ1) is 7.15. The van der Waals surface area contributed by atoms with Gasteiger partial charge in [-0.15, -0.1) is 0 Å². The van der Waals surface area contributed by atoms with Gasteiger partial charge in [-0.05, 0) is 18.4 Å². The maximum absolute atomic E-state index is 11.2. The van der Waals surface area contributed by atoms with Gasteiger partial charge in [-0.3, -0.25) is 4.79 Å². The summed E-state index contributed by atoms with van der Waals surface area (Å²) in [4.78, 5) is 13.0. The molecule has 1 aliphatic heterocycles. The van der Waals surface area contributed by atoms with E-state index in [1.165, 1.54) is 11.6 Å². The number of hydrogen-bond donors (Lipinski definition) is 0. The molecule has 0 bridgehead atoms. The van der Waals surface area contributed by atoms with Crippen molar-refractivity contribution < 1.29 is 4.79 Å². The van der Waals surface area contributed by atoms with E-state index in [0.717, 1.165) is 19.5 Å². The van der Waals surface area contributed by atoms with Gasteiger partial charge in [-0.25, -0.2) is 0 Å². The fraction of sp³-hybridized carbons (Fsp3) is 0.615. The van der Waals surface area contributed by atoms with Gasteiger partial charge in [0.1, 0.15) is 0 Å². The van der Waals surface area contributed by atoms with Crippen LogP contribution in [0.5, 0.6) is 0 Å². The minimum Gasteiger partial charge on any atom is -0.335 e. The Morgan fingerprint density at radius 3 is 2.47 bits per heavy atom. The van der Waals surface area contributed by atoms with Gasteiger partial charge in [0, 0.05) is 13.1 Å². The maximum atomic E-state index is 11.2. The number of hydrogen-bond acceptors (Lipinski definition) is 1. The minimum atomic E-state index is 0.0408. The zero-order valence-electron chi connectivity index (χ0n) is 10.4. The number of carbonyl (C=O) groups is 1. The SMILES string of the molecule is C=CC(=O)N1CC=C(C(C)C)CC1.CC. The lowest BCUT2D eigenvalue weighted by atomic mass is 9.97. The van der Waals surface area contributed by atoms with Crippen molar-refractivity contribution in [3.05, 3.63) is 24.3 Å². The van der Waals surface area contributed by atoms with E-state index in [1.807, 2.05) is 18.7 Å². The molecular formula is C13H23NO. The third-order valence-corrected chi connectivity index (χ3v) is 2.47. The van der Waals surface area contributed by atoms with E-state index in [1.54, 1.807) is 0 Å². The van der Waals surface area contributed by atoms with Crippen LogP contribution in [0.4, 0.5) is 0 Å². The Bertz CT molecular complexity index is 241. The van der Waals surface area contributed by atoms with Crippen molar-refractivity contribution in [1.82, 2.24) is 4.90 Å². The molecule has 0 radical (unpaired) electrons. The lowest BCUT2D eigenvalue weighted by molar-refractivity contribution is -0.125. The molecule has 0 aromatic heterocycles. The molecule has 1 amide bonds. The van der Waals surface area contributed by atoms with Crippen molar-refractivity contribution in [2.24, 2.45) is 5.92 Å². The Balaban J connectivity index is 0.000000921. The second kappa shape index (κ2) is 7.27. The van der Waals surface area contributed by atoms with Crippen LogP contribution in [-0.2, 0) is 4.79 Å². The summed E-state index contributed by atoms with van der Waals surface area (Å²) in [6.45, 7) is 13.5. The second-order valence-electron chi connectivity index (χ2n) is 3.67. The van der Waals surface area contributed by atoms with Crippen molar-refractivity contribution in [2.45, 2.75) is 34.1 Å². The summed E-state index contributed by atoms with van der Waals surface area (Å²) >= 11 is 0. The molecule has 1 aliphatic rings. The normalized spacial score (nSPS) is 15.3. The van der Waals surface area contributed by atoms with Gasteiger partial charge >= 0.3 is 0 Å². The zero-order valence-corrected chi connectivity index (χ0v) is 10.4. The van der Waals surface area contributed by atoms with E-state index >= 15 is 0 Å². The summed E-state index contributed by atoms with van der Waals surface area (Å²) in [7, 11) is 0. The number of amides is 1. The van der Waals surface area contributed by atoms with Crippen molar-refractivity contribution in [3.63, 3.8) is 0 Å². The molecule has 0 aromatic carbocycles. The number of carbonyl (C=O) groups excluding carboxylic acids is 1. The molecule has 15 heavy (non-hydrogen) atoms. The lowest BCUT2D eigenvalue weighted by Crippen LogP contribution is -2.34. The van der Waals surface area contributed by atoms with Gasteiger partial charge in [0.25, 0.3) is 0 Å². The smallest absolute Gasteiger partial charge is 0.246 e. The fourth-order valence-electron chi connectivity index (χ4n) is 1.54. The number of rotatable bonds is 2. The first-order valence-corrected chi connectivity index (χ1v) is 5.75. The summed E-state index contributed by atoms with van der Waals surface area (Å²) in [6.07, 6.45) is 4.56. The second-order valence-corrected chi connectivity index (χ2v) is 3.67. The molecule has 0 aromatic rings. The molecule has 1 heterocycles. The molecule has 2 nitrogen and oxygen atoms in total. The van der Waals surface area contributed by atoms with Gasteiger partial charge in [-0.2, -0.15) is 0 Å². The van der Waals surface area contributed by atoms with E-state index in [4.69, 9.17) is 0 Å². The predicted molar refractivity (Wildman–Crippen MR) is 65.7 cm³/mol. The Kier molecular flexibility index (Phi) is 6.76. The van der Waals surface area contributed by atoms with Crippen LogP contribution in [0.3, 0.4) is 0 Å². The van der Waals surface area contributed by atoms with E-state index < -0.39 is 0 Å². The molecule has 0 atom stereocenters. The molecule has 0 fully saturated rings. The zero-order chi connectivity index (χ0) is 11.8. The average Bonchev–Trinajstić information content (AvgIpc) is 2.31. The Hall–Kier alpha value is -1.05. The van der Waals surface area contributed by atoms with Crippen LogP contribution in [0.15, 0.2) is 24.3 Å². The molecule has 1 rings (SSSR count). The van der Waals surface area contributed by atoms with Crippen LogP contribution >= 0.6 is 0 Å². The van der Waals surface area contributed by atoms with E-state index in [-0.39, 0.29) is 5.91 Å². The first kappa shape index (κ1) is 13.9. The molecule has 2 heteroatoms. The average molecular weight is 209 g/mol. The van der Waals surface area contributed by atoms with Gasteiger partial charge in [0.05, 0.1) is 0 Å². The molecule has 0 saturated heterocycles. The number of nitrogens with zero attached hydrogens (tertiary/aromatic N) is 1. The van der Waals surface area contributed by atoms with E-state index in [0.29, 0.717) is 5.92 Å². The first-order valence-electron chi connectivity index (χ1n) is 5.75. The van der Waals surface area contributed by atoms with Crippen molar-refractivity contribution >= 4 is 5.91 Å². The van der Waals surface area contributed by atoms with Gasteiger partial charge < -0.3 is 4.90 Å². The molecule has 0 unspecified atom stereocenters. The van der Waals surface area contributed by atoms with Gasteiger partial charge in [0.2, 0.25) is 5.91 Å². The summed E-state index contributed by atoms with van der Waals surface area (Å²) in [5.41, 5.74) is 1.47. The quantitative estimate of drug-likeness (QED) is 0.505. The minimum absolute atomic E-state index is 0.0408. The molecule has 0 saturated carbocycles.